The molecule has 1 unspecified atom stereocenters. The van der Waals surface area contributed by atoms with Gasteiger partial charge in [-0.05, 0) is 12.0 Å². The first-order chi connectivity index (χ1) is 8.45. The summed E-state index contributed by atoms with van der Waals surface area (Å²) in [5.41, 5.74) is 1.02. The number of alkyl halides is 1. The van der Waals surface area contributed by atoms with E-state index in [9.17, 15) is 14.4 Å². The molecule has 0 fully saturated rings. The van der Waals surface area contributed by atoms with E-state index >= 15 is 0 Å². The number of aliphatic carboxylic acids is 1. The van der Waals surface area contributed by atoms with Crippen LogP contribution in [0.4, 0.5) is 0 Å². The minimum atomic E-state index is -1.09. The number of ketones is 2. The largest absolute Gasteiger partial charge is 0.480 e. The fourth-order valence-electron chi connectivity index (χ4n) is 1.41. The monoisotopic (exact) mass is 301 g/mol. The van der Waals surface area contributed by atoms with Crippen LogP contribution in [0.25, 0.3) is 0 Å². The second kappa shape index (κ2) is 9.23. The van der Waals surface area contributed by atoms with E-state index < -0.39 is 22.9 Å². The topological polar surface area (TPSA) is 106 Å². The van der Waals surface area contributed by atoms with Crippen LogP contribution < -0.4 is 6.15 Å². The Morgan fingerprint density at radius 3 is 2.10 bits per heavy atom. The summed E-state index contributed by atoms with van der Waals surface area (Å²) < 4.78 is 0. The maximum atomic E-state index is 11.5. The maximum Gasteiger partial charge on any atom is 0.321 e. The molecule has 0 radical (unpaired) electrons. The van der Waals surface area contributed by atoms with Crippen molar-refractivity contribution in [2.45, 2.75) is 32.6 Å². The number of hydrogen-bond acceptors (Lipinski definition) is 4. The van der Waals surface area contributed by atoms with Crippen LogP contribution >= 0.6 is 11.6 Å². The summed E-state index contributed by atoms with van der Waals surface area (Å²) in [6.45, 7) is 1.62. The molecule has 0 heterocycles. The number of halogens is 1. The maximum absolute atomic E-state index is 11.5. The zero-order valence-corrected chi connectivity index (χ0v) is 11.3. The predicted molar refractivity (Wildman–Crippen MR) is 78.8 cm³/mol. The Morgan fingerprint density at radius 1 is 1.20 bits per heavy atom. The highest BCUT2D eigenvalue weighted by Crippen LogP contribution is 2.11. The Balaban J connectivity index is 0. The molecule has 0 aliphatic rings. The van der Waals surface area contributed by atoms with Gasteiger partial charge in [0.1, 0.15) is 5.38 Å². The Bertz CT molecular complexity index is 471. The summed E-state index contributed by atoms with van der Waals surface area (Å²) in [6, 6.07) is 6.23. The molecule has 0 aliphatic heterocycles. The first-order valence-electron chi connectivity index (χ1n) is 5.49. The SMILES string of the molecule is C.CCC(=O)C(=O)c1ccc(CC(Cl)C(=O)O)cc1.N. The molecule has 1 aromatic rings. The van der Waals surface area contributed by atoms with Gasteiger partial charge in [-0.1, -0.05) is 38.6 Å². The molecule has 20 heavy (non-hydrogen) atoms. The lowest BCUT2D eigenvalue weighted by Gasteiger charge is -2.05. The number of hydrogen-bond donors (Lipinski definition) is 2. The molecular formula is C14H20ClNO4. The van der Waals surface area contributed by atoms with Crippen LogP contribution in [0.1, 0.15) is 36.7 Å². The average molecular weight is 302 g/mol. The molecule has 0 aromatic heterocycles. The molecular weight excluding hydrogens is 282 g/mol. The van der Waals surface area contributed by atoms with Crippen molar-refractivity contribution in [1.29, 1.82) is 0 Å². The molecule has 5 nitrogen and oxygen atoms in total. The number of carbonyl (C=O) groups excluding carboxylic acids is 2. The van der Waals surface area contributed by atoms with Crippen molar-refractivity contribution in [2.75, 3.05) is 0 Å². The summed E-state index contributed by atoms with van der Waals surface area (Å²) in [5.74, 6) is -2.05. The second-order valence-electron chi connectivity index (χ2n) is 3.81. The second-order valence-corrected chi connectivity index (χ2v) is 4.34. The van der Waals surface area contributed by atoms with E-state index in [1.54, 1.807) is 19.1 Å². The minimum absolute atomic E-state index is 0. The Labute approximate surface area is 123 Å². The number of rotatable bonds is 6. The van der Waals surface area contributed by atoms with E-state index in [4.69, 9.17) is 16.7 Å². The van der Waals surface area contributed by atoms with Crippen molar-refractivity contribution in [3.8, 4) is 0 Å². The zero-order valence-electron chi connectivity index (χ0n) is 10.6. The van der Waals surface area contributed by atoms with Gasteiger partial charge in [0.15, 0.2) is 0 Å². The van der Waals surface area contributed by atoms with Crippen molar-refractivity contribution in [3.63, 3.8) is 0 Å². The normalized spacial score (nSPS) is 10.7. The quantitative estimate of drug-likeness (QED) is 0.477. The van der Waals surface area contributed by atoms with Crippen LogP contribution in [-0.4, -0.2) is 28.0 Å². The molecule has 6 heteroatoms. The molecule has 0 bridgehead atoms. The van der Waals surface area contributed by atoms with Crippen LogP contribution in [0.5, 0.6) is 0 Å². The number of carboxylic acids is 1. The van der Waals surface area contributed by atoms with Gasteiger partial charge in [0.2, 0.25) is 11.6 Å². The number of benzene rings is 1. The fourth-order valence-corrected chi connectivity index (χ4v) is 1.59. The highest BCUT2D eigenvalue weighted by molar-refractivity contribution is 6.43. The molecule has 4 N–H and O–H groups in total. The summed E-state index contributed by atoms with van der Waals surface area (Å²) in [5, 5.41) is 7.66. The fraction of sp³-hybridized carbons (Fsp3) is 0.357. The van der Waals surface area contributed by atoms with Crippen molar-refractivity contribution in [2.24, 2.45) is 0 Å². The average Bonchev–Trinajstić information content (AvgIpc) is 2.37. The number of carbonyl (C=O) groups is 3. The molecule has 0 saturated heterocycles. The zero-order chi connectivity index (χ0) is 13.7. The summed E-state index contributed by atoms with van der Waals surface area (Å²) >= 11 is 5.60. The van der Waals surface area contributed by atoms with E-state index in [1.807, 2.05) is 0 Å². The smallest absolute Gasteiger partial charge is 0.321 e. The molecule has 1 rings (SSSR count). The Morgan fingerprint density at radius 2 is 1.70 bits per heavy atom. The van der Waals surface area contributed by atoms with E-state index in [-0.39, 0.29) is 26.4 Å². The molecule has 112 valence electrons. The highest BCUT2D eigenvalue weighted by atomic mass is 35.5. The van der Waals surface area contributed by atoms with Gasteiger partial charge in [-0.2, -0.15) is 0 Å². The number of Topliss-reactive ketones (excluding diaryl/α,β-unsaturated/α-hetero) is 2. The van der Waals surface area contributed by atoms with E-state index in [2.05, 4.69) is 0 Å². The van der Waals surface area contributed by atoms with Gasteiger partial charge < -0.3 is 11.3 Å². The van der Waals surface area contributed by atoms with Crippen LogP contribution in [0.15, 0.2) is 24.3 Å². The van der Waals surface area contributed by atoms with E-state index in [0.717, 1.165) is 0 Å². The Kier molecular flexibility index (Phi) is 9.50. The molecule has 0 aliphatic carbocycles. The van der Waals surface area contributed by atoms with E-state index in [0.29, 0.717) is 11.1 Å². The first kappa shape index (κ1) is 20.6. The van der Waals surface area contributed by atoms with Crippen molar-refractivity contribution in [1.82, 2.24) is 6.15 Å². The Hall–Kier alpha value is -1.72. The lowest BCUT2D eigenvalue weighted by Crippen LogP contribution is -2.16. The van der Waals surface area contributed by atoms with Gasteiger partial charge in [0.25, 0.3) is 0 Å². The predicted octanol–water partition coefficient (Wildman–Crippen LogP) is 2.88. The van der Waals surface area contributed by atoms with Crippen molar-refractivity contribution in [3.05, 3.63) is 35.4 Å². The summed E-state index contributed by atoms with van der Waals surface area (Å²) in [7, 11) is 0. The third-order valence-electron chi connectivity index (χ3n) is 2.47. The van der Waals surface area contributed by atoms with E-state index in [1.165, 1.54) is 12.1 Å². The molecule has 0 amide bonds. The molecule has 1 aromatic carbocycles. The van der Waals surface area contributed by atoms with Crippen molar-refractivity contribution < 1.29 is 19.5 Å². The van der Waals surface area contributed by atoms with Gasteiger partial charge in [0.05, 0.1) is 0 Å². The first-order valence-corrected chi connectivity index (χ1v) is 5.92. The van der Waals surface area contributed by atoms with Crippen LogP contribution in [0, 0.1) is 0 Å². The minimum Gasteiger partial charge on any atom is -0.480 e. The van der Waals surface area contributed by atoms with Gasteiger partial charge in [0, 0.05) is 12.0 Å². The van der Waals surface area contributed by atoms with Gasteiger partial charge in [-0.3, -0.25) is 14.4 Å². The molecule has 0 saturated carbocycles. The van der Waals surface area contributed by atoms with Crippen LogP contribution in [-0.2, 0) is 16.0 Å². The van der Waals surface area contributed by atoms with Crippen LogP contribution in [0.2, 0.25) is 0 Å². The summed E-state index contributed by atoms with van der Waals surface area (Å²) in [6.07, 6.45) is 0.344. The standard InChI is InChI=1S/C13H13ClO4.CH4.H3N/c1-2-11(15)12(16)9-5-3-8(4-6-9)7-10(14)13(17)18;;/h3-6,10H,2,7H2,1H3,(H,17,18);1H4;1H3. The van der Waals surface area contributed by atoms with Gasteiger partial charge in [-0.25, -0.2) is 0 Å². The van der Waals surface area contributed by atoms with Gasteiger partial charge >= 0.3 is 5.97 Å². The highest BCUT2D eigenvalue weighted by Gasteiger charge is 2.16. The molecule has 0 spiro atoms. The van der Waals surface area contributed by atoms with Gasteiger partial charge in [-0.15, -0.1) is 11.6 Å². The number of carboxylic acid groups (broad SMARTS) is 1. The summed E-state index contributed by atoms with van der Waals surface area (Å²) in [4.78, 5) is 33.3. The third-order valence-corrected chi connectivity index (χ3v) is 2.81. The lowest BCUT2D eigenvalue weighted by atomic mass is 10.0. The third kappa shape index (κ3) is 5.50. The van der Waals surface area contributed by atoms with Crippen molar-refractivity contribution >= 4 is 29.1 Å². The van der Waals surface area contributed by atoms with Crippen LogP contribution in [0.3, 0.4) is 0 Å². The molecule has 1 atom stereocenters. The lowest BCUT2D eigenvalue weighted by molar-refractivity contribution is -0.136.